The van der Waals surface area contributed by atoms with Gasteiger partial charge in [0.25, 0.3) is 5.91 Å². The van der Waals surface area contributed by atoms with Crippen molar-refractivity contribution in [2.45, 2.75) is 26.3 Å². The lowest BCUT2D eigenvalue weighted by Crippen LogP contribution is -2.58. The highest BCUT2D eigenvalue weighted by Gasteiger charge is 2.36. The number of likely N-dealkylation sites (N-methyl/N-ethyl adjacent to an activating group) is 1. The molecule has 2 amide bonds. The first-order chi connectivity index (χ1) is 12.4. The summed E-state index contributed by atoms with van der Waals surface area (Å²) in [5.74, 6) is -2.65. The van der Waals surface area contributed by atoms with Crippen molar-refractivity contribution >= 4 is 22.7 Å². The molecule has 138 valence electrons. The minimum absolute atomic E-state index is 0.0250. The summed E-state index contributed by atoms with van der Waals surface area (Å²) in [5.41, 5.74) is -1.11. The first kappa shape index (κ1) is 18.0. The molecule has 0 radical (unpaired) electrons. The highest BCUT2D eigenvalue weighted by atomic mass is 19.1. The Hall–Kier alpha value is -2.77. The molecular formula is C18H19F2N3O3. The second-order valence-electron chi connectivity index (χ2n) is 6.18. The number of H-pyrrole nitrogens is 1. The Morgan fingerprint density at radius 2 is 1.96 bits per heavy atom. The van der Waals surface area contributed by atoms with E-state index >= 15 is 0 Å². The van der Waals surface area contributed by atoms with E-state index in [1.807, 2.05) is 6.92 Å². The molecule has 1 atom stereocenters. The van der Waals surface area contributed by atoms with Gasteiger partial charge in [0.1, 0.15) is 23.2 Å². The molecular weight excluding hydrogens is 344 g/mol. The number of nitrogens with zero attached hydrogens (tertiary/aromatic N) is 2. The van der Waals surface area contributed by atoms with Crippen LogP contribution in [0.1, 0.15) is 30.6 Å². The summed E-state index contributed by atoms with van der Waals surface area (Å²) in [6, 6.07) is 0.931. The fourth-order valence-electron chi connectivity index (χ4n) is 3.37. The van der Waals surface area contributed by atoms with Crippen LogP contribution in [-0.4, -0.2) is 52.3 Å². The number of hydrogen-bond acceptors (Lipinski definition) is 3. The summed E-state index contributed by atoms with van der Waals surface area (Å²) in [7, 11) is 0. The smallest absolute Gasteiger partial charge is 0.260 e. The molecule has 1 saturated heterocycles. The van der Waals surface area contributed by atoms with Crippen molar-refractivity contribution in [1.29, 1.82) is 0 Å². The number of carbonyl (C=O) groups excluding carboxylic acids is 2. The van der Waals surface area contributed by atoms with Crippen molar-refractivity contribution in [3.05, 3.63) is 45.8 Å². The summed E-state index contributed by atoms with van der Waals surface area (Å²) in [5, 5.41) is -0.371. The molecule has 3 rings (SSSR count). The van der Waals surface area contributed by atoms with Gasteiger partial charge in [-0.25, -0.2) is 8.78 Å². The van der Waals surface area contributed by atoms with E-state index in [1.165, 1.54) is 4.90 Å². The third-order valence-electron chi connectivity index (χ3n) is 4.74. The predicted octanol–water partition coefficient (Wildman–Crippen LogP) is 1.89. The van der Waals surface area contributed by atoms with Gasteiger partial charge in [0.05, 0.1) is 10.9 Å². The topological polar surface area (TPSA) is 73.5 Å². The van der Waals surface area contributed by atoms with Crippen LogP contribution in [0.25, 0.3) is 10.9 Å². The molecule has 6 nitrogen and oxygen atoms in total. The maximum atomic E-state index is 14.0. The van der Waals surface area contributed by atoms with E-state index in [2.05, 4.69) is 4.98 Å². The Labute approximate surface area is 148 Å². The SMILES string of the molecule is CCC1C(=O)N(CC)CCN1C(=O)c1c[nH]c2cc(F)cc(F)c2c1=O. The lowest BCUT2D eigenvalue weighted by molar-refractivity contribution is -0.140. The maximum absolute atomic E-state index is 14.0. The lowest BCUT2D eigenvalue weighted by Gasteiger charge is -2.39. The summed E-state index contributed by atoms with van der Waals surface area (Å²) in [6.07, 6.45) is 1.56. The molecule has 2 aromatic rings. The molecule has 0 aliphatic carbocycles. The van der Waals surface area contributed by atoms with Gasteiger partial charge in [-0.1, -0.05) is 6.92 Å². The first-order valence-electron chi connectivity index (χ1n) is 8.49. The van der Waals surface area contributed by atoms with Crippen molar-refractivity contribution in [1.82, 2.24) is 14.8 Å². The fraction of sp³-hybridized carbons (Fsp3) is 0.389. The number of hydrogen-bond donors (Lipinski definition) is 1. The average Bonchev–Trinajstić information content (AvgIpc) is 2.60. The Balaban J connectivity index is 2.04. The van der Waals surface area contributed by atoms with Crippen LogP contribution in [-0.2, 0) is 4.79 Å². The molecule has 0 saturated carbocycles. The van der Waals surface area contributed by atoms with E-state index in [1.54, 1.807) is 11.8 Å². The molecule has 2 heterocycles. The van der Waals surface area contributed by atoms with Gasteiger partial charge in [-0.2, -0.15) is 0 Å². The molecule has 1 aliphatic rings. The zero-order chi connectivity index (χ0) is 19.0. The van der Waals surface area contributed by atoms with E-state index in [9.17, 15) is 23.2 Å². The van der Waals surface area contributed by atoms with Gasteiger partial charge in [0.2, 0.25) is 11.3 Å². The van der Waals surface area contributed by atoms with Crippen LogP contribution in [0.4, 0.5) is 8.78 Å². The number of aromatic nitrogens is 1. The molecule has 1 aromatic carbocycles. The molecule has 1 fully saturated rings. The zero-order valence-corrected chi connectivity index (χ0v) is 14.5. The molecule has 1 N–H and O–H groups in total. The van der Waals surface area contributed by atoms with Gasteiger partial charge in [0.15, 0.2) is 0 Å². The standard InChI is InChI=1S/C18H19F2N3O3/c1-3-14-18(26)22(4-2)5-6-23(14)17(25)11-9-21-13-8-10(19)7-12(20)15(13)16(11)24/h7-9,14H,3-6H2,1-2H3,(H,21,24). The van der Waals surface area contributed by atoms with Crippen molar-refractivity contribution < 1.29 is 18.4 Å². The van der Waals surface area contributed by atoms with Crippen LogP contribution in [0.2, 0.25) is 0 Å². The quantitative estimate of drug-likeness (QED) is 0.905. The summed E-state index contributed by atoms with van der Waals surface area (Å²) >= 11 is 0. The molecule has 0 spiro atoms. The van der Waals surface area contributed by atoms with Gasteiger partial charge in [0, 0.05) is 31.9 Å². The molecule has 8 heteroatoms. The van der Waals surface area contributed by atoms with Crippen molar-refractivity contribution in [2.75, 3.05) is 19.6 Å². The fourth-order valence-corrected chi connectivity index (χ4v) is 3.37. The summed E-state index contributed by atoms with van der Waals surface area (Å²) < 4.78 is 27.4. The Morgan fingerprint density at radius 1 is 1.23 bits per heavy atom. The number of carbonyl (C=O) groups is 2. The molecule has 1 aromatic heterocycles. The minimum atomic E-state index is -1.03. The zero-order valence-electron chi connectivity index (χ0n) is 14.5. The van der Waals surface area contributed by atoms with Crippen LogP contribution in [0.3, 0.4) is 0 Å². The van der Waals surface area contributed by atoms with Crippen molar-refractivity contribution in [3.63, 3.8) is 0 Å². The molecule has 0 bridgehead atoms. The maximum Gasteiger partial charge on any atom is 0.260 e. The number of aromatic amines is 1. The summed E-state index contributed by atoms with van der Waals surface area (Å²) in [6.45, 7) is 4.86. The van der Waals surface area contributed by atoms with Gasteiger partial charge >= 0.3 is 0 Å². The van der Waals surface area contributed by atoms with Crippen LogP contribution in [0.5, 0.6) is 0 Å². The highest BCUT2D eigenvalue weighted by Crippen LogP contribution is 2.19. The van der Waals surface area contributed by atoms with E-state index in [4.69, 9.17) is 0 Å². The lowest BCUT2D eigenvalue weighted by atomic mass is 10.1. The average molecular weight is 363 g/mol. The van der Waals surface area contributed by atoms with Crippen LogP contribution in [0.15, 0.2) is 23.1 Å². The Morgan fingerprint density at radius 3 is 2.62 bits per heavy atom. The number of benzene rings is 1. The number of amides is 2. The number of rotatable bonds is 3. The van der Waals surface area contributed by atoms with Gasteiger partial charge in [-0.15, -0.1) is 0 Å². The largest absolute Gasteiger partial charge is 0.360 e. The second-order valence-corrected chi connectivity index (χ2v) is 6.18. The summed E-state index contributed by atoms with van der Waals surface area (Å²) in [4.78, 5) is 43.6. The van der Waals surface area contributed by atoms with Gasteiger partial charge in [-0.05, 0) is 19.4 Å². The number of pyridine rings is 1. The monoisotopic (exact) mass is 363 g/mol. The third-order valence-corrected chi connectivity index (χ3v) is 4.74. The van der Waals surface area contributed by atoms with Crippen molar-refractivity contribution in [2.24, 2.45) is 0 Å². The predicted molar refractivity (Wildman–Crippen MR) is 91.9 cm³/mol. The normalized spacial score (nSPS) is 17.8. The number of halogens is 2. The van der Waals surface area contributed by atoms with Crippen LogP contribution in [0, 0.1) is 11.6 Å². The number of nitrogens with one attached hydrogen (secondary N) is 1. The Kier molecular flexibility index (Phi) is 4.76. The van der Waals surface area contributed by atoms with Crippen LogP contribution >= 0.6 is 0 Å². The molecule has 26 heavy (non-hydrogen) atoms. The third kappa shape index (κ3) is 2.85. The van der Waals surface area contributed by atoms with E-state index in [-0.39, 0.29) is 22.4 Å². The van der Waals surface area contributed by atoms with E-state index in [0.29, 0.717) is 32.1 Å². The van der Waals surface area contributed by atoms with Gasteiger partial charge in [-0.3, -0.25) is 14.4 Å². The van der Waals surface area contributed by atoms with Crippen LogP contribution < -0.4 is 5.43 Å². The van der Waals surface area contributed by atoms with Crippen molar-refractivity contribution in [3.8, 4) is 0 Å². The number of piperazine rings is 1. The van der Waals surface area contributed by atoms with E-state index in [0.717, 1.165) is 12.3 Å². The van der Waals surface area contributed by atoms with E-state index < -0.39 is 29.0 Å². The molecule has 1 unspecified atom stereocenters. The highest BCUT2D eigenvalue weighted by molar-refractivity contribution is 6.00. The minimum Gasteiger partial charge on any atom is -0.360 e. The molecule has 1 aliphatic heterocycles. The first-order valence-corrected chi connectivity index (χ1v) is 8.49. The van der Waals surface area contributed by atoms with Gasteiger partial charge < -0.3 is 14.8 Å². The second kappa shape index (κ2) is 6.86. The number of fused-ring (bicyclic) bond motifs is 1. The Bertz CT molecular complexity index is 941.